The molecule has 0 saturated carbocycles. The van der Waals surface area contributed by atoms with Crippen LogP contribution >= 0.6 is 0 Å². The topological polar surface area (TPSA) is 84.7 Å². The molecule has 7 nitrogen and oxygen atoms in total. The summed E-state index contributed by atoms with van der Waals surface area (Å²) in [5.74, 6) is 1.53. The summed E-state index contributed by atoms with van der Waals surface area (Å²) in [4.78, 5) is 23.8. The number of aromatic nitrogens is 4. The quantitative estimate of drug-likeness (QED) is 0.781. The van der Waals surface area contributed by atoms with Crippen molar-refractivity contribution in [1.82, 2.24) is 24.8 Å². The van der Waals surface area contributed by atoms with Crippen LogP contribution in [-0.4, -0.2) is 38.5 Å². The van der Waals surface area contributed by atoms with E-state index in [1.54, 1.807) is 6.33 Å². The second kappa shape index (κ2) is 6.83. The van der Waals surface area contributed by atoms with Crippen LogP contribution in [0.15, 0.2) is 18.7 Å². The fraction of sp³-hybridized carbons (Fsp3) is 0.429. The Morgan fingerprint density at radius 3 is 2.71 bits per heavy atom. The van der Waals surface area contributed by atoms with E-state index in [2.05, 4.69) is 25.6 Å². The van der Waals surface area contributed by atoms with E-state index in [4.69, 9.17) is 0 Å². The van der Waals surface area contributed by atoms with E-state index in [-0.39, 0.29) is 5.91 Å². The zero-order valence-corrected chi connectivity index (χ0v) is 12.6. The van der Waals surface area contributed by atoms with Crippen molar-refractivity contribution >= 4 is 11.7 Å². The highest BCUT2D eigenvalue weighted by molar-refractivity contribution is 5.75. The number of imidazole rings is 1. The molecule has 0 aromatic carbocycles. The van der Waals surface area contributed by atoms with Crippen molar-refractivity contribution in [3.63, 3.8) is 0 Å². The van der Waals surface area contributed by atoms with Crippen LogP contribution in [0.1, 0.15) is 24.7 Å². The standard InChI is InChI=1S/C14H20N6O/c1-4-14(21)16-6-5-15-12-7-13(18-8-17-12)20-9-19-10(2)11(20)3/h7-9H,4-6H2,1-3H3,(H,16,21)(H,15,17,18). The molecule has 2 aromatic rings. The van der Waals surface area contributed by atoms with Gasteiger partial charge in [-0.1, -0.05) is 6.92 Å². The molecule has 2 rings (SSSR count). The average molecular weight is 288 g/mol. The van der Waals surface area contributed by atoms with Gasteiger partial charge in [-0.2, -0.15) is 0 Å². The van der Waals surface area contributed by atoms with Gasteiger partial charge in [0.15, 0.2) is 0 Å². The molecule has 0 unspecified atom stereocenters. The second-order valence-electron chi connectivity index (χ2n) is 4.68. The van der Waals surface area contributed by atoms with Crippen LogP contribution in [0.3, 0.4) is 0 Å². The summed E-state index contributed by atoms with van der Waals surface area (Å²) in [5, 5.41) is 5.96. The predicted molar refractivity (Wildman–Crippen MR) is 80.4 cm³/mol. The monoisotopic (exact) mass is 288 g/mol. The largest absolute Gasteiger partial charge is 0.368 e. The molecule has 2 N–H and O–H groups in total. The Morgan fingerprint density at radius 2 is 2.05 bits per heavy atom. The lowest BCUT2D eigenvalue weighted by Crippen LogP contribution is -2.28. The molecular weight excluding hydrogens is 268 g/mol. The number of carbonyl (C=O) groups excluding carboxylic acids is 1. The highest BCUT2D eigenvalue weighted by Crippen LogP contribution is 2.13. The molecule has 0 saturated heterocycles. The number of anilines is 1. The minimum Gasteiger partial charge on any atom is -0.368 e. The van der Waals surface area contributed by atoms with Crippen molar-refractivity contribution in [2.75, 3.05) is 18.4 Å². The Hall–Kier alpha value is -2.44. The lowest BCUT2D eigenvalue weighted by molar-refractivity contribution is -0.120. The first kappa shape index (κ1) is 15.0. The fourth-order valence-corrected chi connectivity index (χ4v) is 1.82. The van der Waals surface area contributed by atoms with Crippen LogP contribution in [0.5, 0.6) is 0 Å². The zero-order valence-electron chi connectivity index (χ0n) is 12.6. The summed E-state index contributed by atoms with van der Waals surface area (Å²) in [6, 6.07) is 1.86. The third-order valence-electron chi connectivity index (χ3n) is 3.23. The van der Waals surface area contributed by atoms with Gasteiger partial charge in [-0.25, -0.2) is 15.0 Å². The van der Waals surface area contributed by atoms with Gasteiger partial charge in [0.2, 0.25) is 5.91 Å². The highest BCUT2D eigenvalue weighted by atomic mass is 16.1. The third kappa shape index (κ3) is 3.77. The second-order valence-corrected chi connectivity index (χ2v) is 4.68. The number of rotatable bonds is 6. The summed E-state index contributed by atoms with van der Waals surface area (Å²) >= 11 is 0. The molecule has 0 radical (unpaired) electrons. The lowest BCUT2D eigenvalue weighted by Gasteiger charge is -2.09. The highest BCUT2D eigenvalue weighted by Gasteiger charge is 2.06. The molecule has 2 aromatic heterocycles. The van der Waals surface area contributed by atoms with Crippen LogP contribution < -0.4 is 10.6 Å². The van der Waals surface area contributed by atoms with E-state index in [1.165, 1.54) is 6.33 Å². The van der Waals surface area contributed by atoms with Crippen LogP contribution in [0.4, 0.5) is 5.82 Å². The molecule has 0 aliphatic carbocycles. The Bertz CT molecular complexity index is 622. The predicted octanol–water partition coefficient (Wildman–Crippen LogP) is 1.22. The zero-order chi connectivity index (χ0) is 15.2. The van der Waals surface area contributed by atoms with Crippen molar-refractivity contribution < 1.29 is 4.79 Å². The van der Waals surface area contributed by atoms with Gasteiger partial charge >= 0.3 is 0 Å². The van der Waals surface area contributed by atoms with Gasteiger partial charge in [-0.15, -0.1) is 0 Å². The van der Waals surface area contributed by atoms with Crippen molar-refractivity contribution in [2.24, 2.45) is 0 Å². The summed E-state index contributed by atoms with van der Waals surface area (Å²) in [6.45, 7) is 6.97. The summed E-state index contributed by atoms with van der Waals surface area (Å²) < 4.78 is 1.92. The summed E-state index contributed by atoms with van der Waals surface area (Å²) in [7, 11) is 0. The minimum atomic E-state index is 0.0460. The van der Waals surface area contributed by atoms with E-state index in [0.717, 1.165) is 23.0 Å². The molecule has 0 aliphatic rings. The number of carbonyl (C=O) groups is 1. The normalized spacial score (nSPS) is 10.4. The SMILES string of the molecule is CCC(=O)NCCNc1cc(-n2cnc(C)c2C)ncn1. The molecular formula is C14H20N6O. The van der Waals surface area contributed by atoms with Crippen molar-refractivity contribution in [2.45, 2.75) is 27.2 Å². The Kier molecular flexibility index (Phi) is 4.86. The maximum atomic E-state index is 11.1. The van der Waals surface area contributed by atoms with Gasteiger partial charge in [0.25, 0.3) is 0 Å². The summed E-state index contributed by atoms with van der Waals surface area (Å²) in [6.07, 6.45) is 3.76. The van der Waals surface area contributed by atoms with E-state index in [9.17, 15) is 4.79 Å². The average Bonchev–Trinajstić information content (AvgIpc) is 2.83. The van der Waals surface area contributed by atoms with Crippen molar-refractivity contribution in [3.8, 4) is 5.82 Å². The van der Waals surface area contributed by atoms with Crippen LogP contribution in [0, 0.1) is 13.8 Å². The molecule has 0 aliphatic heterocycles. The Balaban J connectivity index is 1.98. The molecule has 112 valence electrons. The molecule has 0 spiro atoms. The Labute approximate surface area is 123 Å². The molecule has 0 atom stereocenters. The van der Waals surface area contributed by atoms with E-state index < -0.39 is 0 Å². The van der Waals surface area contributed by atoms with Gasteiger partial charge in [0, 0.05) is 31.3 Å². The van der Waals surface area contributed by atoms with Crippen LogP contribution in [0.2, 0.25) is 0 Å². The minimum absolute atomic E-state index is 0.0460. The van der Waals surface area contributed by atoms with Gasteiger partial charge in [-0.3, -0.25) is 9.36 Å². The number of hydrogen-bond donors (Lipinski definition) is 2. The Morgan fingerprint density at radius 1 is 1.24 bits per heavy atom. The van der Waals surface area contributed by atoms with E-state index in [1.807, 2.05) is 31.4 Å². The number of nitrogens with zero attached hydrogens (tertiary/aromatic N) is 4. The van der Waals surface area contributed by atoms with Crippen molar-refractivity contribution in [1.29, 1.82) is 0 Å². The molecule has 0 fully saturated rings. The smallest absolute Gasteiger partial charge is 0.219 e. The van der Waals surface area contributed by atoms with Crippen LogP contribution in [0.25, 0.3) is 5.82 Å². The van der Waals surface area contributed by atoms with Gasteiger partial charge in [0.05, 0.1) is 5.69 Å². The molecule has 0 bridgehead atoms. The van der Waals surface area contributed by atoms with E-state index in [0.29, 0.717) is 19.5 Å². The van der Waals surface area contributed by atoms with Gasteiger partial charge in [-0.05, 0) is 13.8 Å². The first-order chi connectivity index (χ1) is 10.1. The van der Waals surface area contributed by atoms with Crippen LogP contribution in [-0.2, 0) is 4.79 Å². The number of amides is 1. The number of aryl methyl sites for hydroxylation is 1. The lowest BCUT2D eigenvalue weighted by atomic mass is 10.4. The molecule has 21 heavy (non-hydrogen) atoms. The molecule has 7 heteroatoms. The van der Waals surface area contributed by atoms with Crippen molar-refractivity contribution in [3.05, 3.63) is 30.1 Å². The molecule has 1 amide bonds. The summed E-state index contributed by atoms with van der Waals surface area (Å²) in [5.41, 5.74) is 2.03. The third-order valence-corrected chi connectivity index (χ3v) is 3.23. The number of nitrogens with one attached hydrogen (secondary N) is 2. The van der Waals surface area contributed by atoms with E-state index >= 15 is 0 Å². The number of hydrogen-bond acceptors (Lipinski definition) is 5. The van der Waals surface area contributed by atoms with Gasteiger partial charge in [0.1, 0.15) is 24.3 Å². The maximum absolute atomic E-state index is 11.1. The first-order valence-electron chi connectivity index (χ1n) is 6.95. The molecule has 2 heterocycles. The van der Waals surface area contributed by atoms with Gasteiger partial charge < -0.3 is 10.6 Å². The maximum Gasteiger partial charge on any atom is 0.219 e. The first-order valence-corrected chi connectivity index (χ1v) is 6.95. The fourth-order valence-electron chi connectivity index (χ4n) is 1.82.